The highest BCUT2D eigenvalue weighted by Gasteiger charge is 2.25. The second-order valence-corrected chi connectivity index (χ2v) is 6.57. The lowest BCUT2D eigenvalue weighted by Gasteiger charge is -2.31. The van der Waals surface area contributed by atoms with E-state index in [1.165, 1.54) is 5.69 Å². The normalized spacial score (nSPS) is 15.0. The van der Waals surface area contributed by atoms with Gasteiger partial charge < -0.3 is 9.88 Å². The van der Waals surface area contributed by atoms with Gasteiger partial charge >= 0.3 is 0 Å². The molecule has 0 aliphatic carbocycles. The summed E-state index contributed by atoms with van der Waals surface area (Å²) >= 11 is 0. The Morgan fingerprint density at radius 1 is 1.29 bits per heavy atom. The molecule has 0 aliphatic rings. The van der Waals surface area contributed by atoms with E-state index in [0.717, 1.165) is 6.54 Å². The Morgan fingerprint density at radius 3 is 2.35 bits per heavy atom. The third-order valence-corrected chi connectivity index (χ3v) is 3.93. The van der Waals surface area contributed by atoms with Crippen LogP contribution in [0.25, 0.3) is 0 Å². The minimum Gasteiger partial charge on any atom is -0.333 e. The minimum absolute atomic E-state index is 0.0336. The molecule has 1 aromatic heterocycles. The van der Waals surface area contributed by atoms with Gasteiger partial charge in [-0.2, -0.15) is 0 Å². The first-order valence-corrected chi connectivity index (χ1v) is 6.38. The average molecular weight is 237 g/mol. The predicted molar refractivity (Wildman–Crippen MR) is 72.9 cm³/mol. The molecule has 0 saturated carbocycles. The molecule has 0 fully saturated rings. The van der Waals surface area contributed by atoms with Crippen LogP contribution >= 0.6 is 0 Å². The maximum atomic E-state index is 4.29. The first-order valence-electron chi connectivity index (χ1n) is 6.38. The molecule has 1 rings (SSSR count). The van der Waals surface area contributed by atoms with Gasteiger partial charge in [0.25, 0.3) is 0 Å². The number of aromatic nitrogens is 2. The highest BCUT2D eigenvalue weighted by Crippen LogP contribution is 2.28. The number of hydrogen-bond donors (Lipinski definition) is 1. The largest absolute Gasteiger partial charge is 0.333 e. The molecule has 3 nitrogen and oxygen atoms in total. The smallest absolute Gasteiger partial charge is 0.0948 e. The number of imidazole rings is 1. The minimum atomic E-state index is -0.0336. The van der Waals surface area contributed by atoms with Crippen molar-refractivity contribution in [2.75, 3.05) is 7.05 Å². The Bertz CT molecular complexity index is 358. The summed E-state index contributed by atoms with van der Waals surface area (Å²) in [6.07, 6.45) is 3.91. The van der Waals surface area contributed by atoms with Crippen LogP contribution in [-0.4, -0.2) is 16.6 Å². The zero-order chi connectivity index (χ0) is 13.3. The van der Waals surface area contributed by atoms with E-state index in [2.05, 4.69) is 56.4 Å². The molecular formula is C14H27N3. The predicted octanol–water partition coefficient (Wildman–Crippen LogP) is 3.02. The Hall–Kier alpha value is -0.830. The molecule has 17 heavy (non-hydrogen) atoms. The molecule has 0 saturated heterocycles. The lowest BCUT2D eigenvalue weighted by atomic mass is 9.82. The SMILES string of the molecule is CNC(C)(C)c1cncn1CC(C)C(C)(C)C. The van der Waals surface area contributed by atoms with E-state index in [9.17, 15) is 0 Å². The van der Waals surface area contributed by atoms with E-state index < -0.39 is 0 Å². The molecule has 98 valence electrons. The van der Waals surface area contributed by atoms with Crippen LogP contribution in [0.4, 0.5) is 0 Å². The van der Waals surface area contributed by atoms with Gasteiger partial charge in [-0.1, -0.05) is 27.7 Å². The summed E-state index contributed by atoms with van der Waals surface area (Å²) in [6.45, 7) is 14.6. The summed E-state index contributed by atoms with van der Waals surface area (Å²) in [5, 5.41) is 3.34. The van der Waals surface area contributed by atoms with E-state index >= 15 is 0 Å². The Morgan fingerprint density at radius 2 is 1.88 bits per heavy atom. The maximum Gasteiger partial charge on any atom is 0.0948 e. The molecule has 1 N–H and O–H groups in total. The van der Waals surface area contributed by atoms with Crippen LogP contribution in [0.1, 0.15) is 47.2 Å². The molecule has 0 spiro atoms. The second-order valence-electron chi connectivity index (χ2n) is 6.57. The van der Waals surface area contributed by atoms with E-state index in [-0.39, 0.29) is 5.54 Å². The summed E-state index contributed by atoms with van der Waals surface area (Å²) in [5.41, 5.74) is 1.54. The lowest BCUT2D eigenvalue weighted by Crippen LogP contribution is -2.36. The molecule has 0 amide bonds. The summed E-state index contributed by atoms with van der Waals surface area (Å²) in [4.78, 5) is 4.29. The summed E-state index contributed by atoms with van der Waals surface area (Å²) < 4.78 is 2.27. The van der Waals surface area contributed by atoms with Crippen LogP contribution in [0, 0.1) is 11.3 Å². The first kappa shape index (κ1) is 14.2. The highest BCUT2D eigenvalue weighted by atomic mass is 15.1. The van der Waals surface area contributed by atoms with E-state index in [1.807, 2.05) is 19.6 Å². The highest BCUT2D eigenvalue weighted by molar-refractivity contribution is 5.11. The van der Waals surface area contributed by atoms with Crippen molar-refractivity contribution in [1.82, 2.24) is 14.9 Å². The fraction of sp³-hybridized carbons (Fsp3) is 0.786. The molecule has 1 atom stereocenters. The van der Waals surface area contributed by atoms with Crippen molar-refractivity contribution < 1.29 is 0 Å². The summed E-state index contributed by atoms with van der Waals surface area (Å²) in [7, 11) is 1.99. The fourth-order valence-electron chi connectivity index (χ4n) is 1.68. The van der Waals surface area contributed by atoms with Gasteiger partial charge in [-0.15, -0.1) is 0 Å². The maximum absolute atomic E-state index is 4.29. The number of nitrogens with zero attached hydrogens (tertiary/aromatic N) is 2. The molecule has 1 unspecified atom stereocenters. The molecule has 1 heterocycles. The van der Waals surface area contributed by atoms with Crippen molar-refractivity contribution >= 4 is 0 Å². The average Bonchev–Trinajstić information content (AvgIpc) is 2.65. The van der Waals surface area contributed by atoms with Gasteiger partial charge in [0.2, 0.25) is 0 Å². The molecule has 0 radical (unpaired) electrons. The van der Waals surface area contributed by atoms with Crippen LogP contribution in [-0.2, 0) is 12.1 Å². The topological polar surface area (TPSA) is 29.9 Å². The van der Waals surface area contributed by atoms with Crippen LogP contribution < -0.4 is 5.32 Å². The van der Waals surface area contributed by atoms with Crippen LogP contribution in [0.3, 0.4) is 0 Å². The van der Waals surface area contributed by atoms with Gasteiger partial charge in [0.15, 0.2) is 0 Å². The van der Waals surface area contributed by atoms with Crippen LogP contribution in [0.2, 0.25) is 0 Å². The third kappa shape index (κ3) is 3.32. The van der Waals surface area contributed by atoms with Crippen LogP contribution in [0.15, 0.2) is 12.5 Å². The van der Waals surface area contributed by atoms with Gasteiger partial charge in [-0.25, -0.2) is 4.98 Å². The zero-order valence-electron chi connectivity index (χ0n) is 12.3. The van der Waals surface area contributed by atoms with Crippen molar-refractivity contribution in [3.05, 3.63) is 18.2 Å². The molecule has 0 aromatic carbocycles. The molecule has 0 bridgehead atoms. The fourth-order valence-corrected chi connectivity index (χ4v) is 1.68. The molecular weight excluding hydrogens is 210 g/mol. The van der Waals surface area contributed by atoms with Gasteiger partial charge in [0, 0.05) is 12.7 Å². The number of nitrogens with one attached hydrogen (secondary N) is 1. The van der Waals surface area contributed by atoms with E-state index in [1.54, 1.807) is 0 Å². The van der Waals surface area contributed by atoms with Crippen molar-refractivity contribution in [3.63, 3.8) is 0 Å². The molecule has 1 aromatic rings. The Balaban J connectivity index is 2.91. The second kappa shape index (κ2) is 4.81. The standard InChI is InChI=1S/C14H27N3/c1-11(13(2,3)4)9-17-10-16-8-12(17)14(5,6)15-7/h8,10-11,15H,9H2,1-7H3. The monoisotopic (exact) mass is 237 g/mol. The van der Waals surface area contributed by atoms with E-state index in [0.29, 0.717) is 11.3 Å². The van der Waals surface area contributed by atoms with Crippen molar-refractivity contribution in [2.45, 2.75) is 53.6 Å². The van der Waals surface area contributed by atoms with Gasteiger partial charge in [0.1, 0.15) is 0 Å². The summed E-state index contributed by atoms with van der Waals surface area (Å²) in [5.74, 6) is 0.614. The summed E-state index contributed by atoms with van der Waals surface area (Å²) in [6, 6.07) is 0. The van der Waals surface area contributed by atoms with Crippen molar-refractivity contribution in [2.24, 2.45) is 11.3 Å². The van der Waals surface area contributed by atoms with Crippen molar-refractivity contribution in [3.8, 4) is 0 Å². The Labute approximate surface area is 106 Å². The lowest BCUT2D eigenvalue weighted by molar-refractivity contribution is 0.226. The van der Waals surface area contributed by atoms with Crippen molar-refractivity contribution in [1.29, 1.82) is 0 Å². The quantitative estimate of drug-likeness (QED) is 0.872. The van der Waals surface area contributed by atoms with Gasteiger partial charge in [-0.3, -0.25) is 0 Å². The molecule has 0 aliphatic heterocycles. The molecule has 3 heteroatoms. The van der Waals surface area contributed by atoms with Crippen LogP contribution in [0.5, 0.6) is 0 Å². The van der Waals surface area contributed by atoms with Gasteiger partial charge in [-0.05, 0) is 32.2 Å². The van der Waals surface area contributed by atoms with E-state index in [4.69, 9.17) is 0 Å². The number of hydrogen-bond acceptors (Lipinski definition) is 2. The first-order chi connectivity index (χ1) is 7.68. The zero-order valence-corrected chi connectivity index (χ0v) is 12.3. The number of rotatable bonds is 4. The third-order valence-electron chi connectivity index (χ3n) is 3.93. The van der Waals surface area contributed by atoms with Gasteiger partial charge in [0.05, 0.1) is 17.6 Å². The Kier molecular flexibility index (Phi) is 4.03.